The minimum atomic E-state index is -0.526. The fourth-order valence-corrected chi connectivity index (χ4v) is 1.53. The van der Waals surface area contributed by atoms with Crippen LogP contribution >= 0.6 is 0 Å². The molecule has 6 heteroatoms. The first kappa shape index (κ1) is 13.8. The highest BCUT2D eigenvalue weighted by molar-refractivity contribution is 5.92. The second-order valence-electron chi connectivity index (χ2n) is 4.08. The van der Waals surface area contributed by atoms with Crippen molar-refractivity contribution in [2.45, 2.75) is 13.8 Å². The molecular weight excluding hydrogens is 258 g/mol. The van der Waals surface area contributed by atoms with Crippen LogP contribution in [0.5, 0.6) is 11.6 Å². The van der Waals surface area contributed by atoms with Gasteiger partial charge in [-0.1, -0.05) is 0 Å². The molecule has 0 atom stereocenters. The lowest BCUT2D eigenvalue weighted by molar-refractivity contribution is 0.0523. The normalized spacial score (nSPS) is 10.1. The first-order valence-corrected chi connectivity index (χ1v) is 6.13. The summed E-state index contributed by atoms with van der Waals surface area (Å²) in [6.45, 7) is 3.86. The lowest BCUT2D eigenvalue weighted by atomic mass is 10.2. The van der Waals surface area contributed by atoms with Crippen LogP contribution in [0.4, 0.5) is 5.69 Å². The monoisotopic (exact) mass is 273 g/mol. The topological polar surface area (TPSA) is 87.3 Å². The minimum Gasteiger partial charge on any atom is -0.462 e. The number of esters is 1. The Morgan fingerprint density at radius 3 is 2.75 bits per heavy atom. The number of nitrogens with zero attached hydrogens (tertiary/aromatic N) is 2. The second kappa shape index (κ2) is 6.01. The van der Waals surface area contributed by atoms with Crippen LogP contribution in [0.3, 0.4) is 0 Å². The Morgan fingerprint density at radius 1 is 1.30 bits per heavy atom. The molecule has 0 saturated heterocycles. The molecule has 2 aromatic heterocycles. The number of rotatable bonds is 4. The van der Waals surface area contributed by atoms with Crippen LogP contribution < -0.4 is 10.5 Å². The van der Waals surface area contributed by atoms with E-state index in [4.69, 9.17) is 15.2 Å². The molecule has 0 unspecified atom stereocenters. The Bertz CT molecular complexity index is 612. The van der Waals surface area contributed by atoms with E-state index in [0.29, 0.717) is 11.4 Å². The summed E-state index contributed by atoms with van der Waals surface area (Å²) in [5.74, 6) is 0.101. The molecule has 2 heterocycles. The van der Waals surface area contributed by atoms with Gasteiger partial charge in [0.2, 0.25) is 5.88 Å². The number of nitrogen functional groups attached to an aromatic ring is 1. The second-order valence-corrected chi connectivity index (χ2v) is 4.08. The van der Waals surface area contributed by atoms with Crippen LogP contribution in [0.2, 0.25) is 0 Å². The summed E-state index contributed by atoms with van der Waals surface area (Å²) in [7, 11) is 0. The quantitative estimate of drug-likeness (QED) is 0.860. The smallest absolute Gasteiger partial charge is 0.343 e. The van der Waals surface area contributed by atoms with Gasteiger partial charge in [0, 0.05) is 5.69 Å². The number of carbonyl (C=O) groups is 1. The molecule has 0 saturated carbocycles. The molecule has 0 aliphatic rings. The highest BCUT2D eigenvalue weighted by atomic mass is 16.5. The predicted octanol–water partition coefficient (Wildman–Crippen LogP) is 2.34. The molecule has 20 heavy (non-hydrogen) atoms. The number of hydrogen-bond donors (Lipinski definition) is 1. The largest absolute Gasteiger partial charge is 0.462 e. The van der Waals surface area contributed by atoms with Crippen molar-refractivity contribution in [1.29, 1.82) is 0 Å². The fraction of sp³-hybridized carbons (Fsp3) is 0.214. The number of ether oxygens (including phenoxy) is 2. The molecule has 0 aromatic carbocycles. The van der Waals surface area contributed by atoms with Gasteiger partial charge in [-0.25, -0.2) is 9.78 Å². The molecule has 2 N–H and O–H groups in total. The van der Waals surface area contributed by atoms with Crippen molar-refractivity contribution in [3.8, 4) is 11.6 Å². The average Bonchev–Trinajstić information content (AvgIpc) is 2.43. The zero-order valence-electron chi connectivity index (χ0n) is 11.3. The number of carbonyl (C=O) groups excluding carboxylic acids is 1. The van der Waals surface area contributed by atoms with E-state index >= 15 is 0 Å². The maximum absolute atomic E-state index is 11.8. The third-order valence-electron chi connectivity index (χ3n) is 2.47. The summed E-state index contributed by atoms with van der Waals surface area (Å²) < 4.78 is 10.5. The zero-order valence-corrected chi connectivity index (χ0v) is 11.3. The van der Waals surface area contributed by atoms with E-state index < -0.39 is 5.97 Å². The first-order valence-electron chi connectivity index (χ1n) is 6.13. The lowest BCUT2D eigenvalue weighted by Crippen LogP contribution is -2.08. The summed E-state index contributed by atoms with van der Waals surface area (Å²) in [5, 5.41) is 0. The van der Waals surface area contributed by atoms with Crippen LogP contribution in [0.1, 0.15) is 23.0 Å². The van der Waals surface area contributed by atoms with Crippen molar-refractivity contribution in [3.05, 3.63) is 41.9 Å². The Kier molecular flexibility index (Phi) is 4.14. The molecule has 0 aliphatic heterocycles. The van der Waals surface area contributed by atoms with Crippen molar-refractivity contribution in [1.82, 2.24) is 9.97 Å². The summed E-state index contributed by atoms with van der Waals surface area (Å²) in [6.07, 6.45) is 2.97. The van der Waals surface area contributed by atoms with Gasteiger partial charge in [0.15, 0.2) is 0 Å². The summed E-state index contributed by atoms with van der Waals surface area (Å²) in [5.41, 5.74) is 7.06. The van der Waals surface area contributed by atoms with Gasteiger partial charge in [0.25, 0.3) is 0 Å². The van der Waals surface area contributed by atoms with Crippen molar-refractivity contribution < 1.29 is 14.3 Å². The molecule has 6 nitrogen and oxygen atoms in total. The molecule has 0 radical (unpaired) electrons. The highest BCUT2D eigenvalue weighted by Crippen LogP contribution is 2.24. The molecule has 2 aromatic rings. The van der Waals surface area contributed by atoms with Gasteiger partial charge in [-0.2, -0.15) is 0 Å². The third kappa shape index (κ3) is 3.23. The van der Waals surface area contributed by atoms with E-state index in [-0.39, 0.29) is 18.1 Å². The minimum absolute atomic E-state index is 0.142. The third-order valence-corrected chi connectivity index (χ3v) is 2.47. The van der Waals surface area contributed by atoms with E-state index in [1.54, 1.807) is 25.3 Å². The number of hydrogen-bond acceptors (Lipinski definition) is 6. The molecule has 0 bridgehead atoms. The molecule has 0 fully saturated rings. The molecule has 104 valence electrons. The predicted molar refractivity (Wildman–Crippen MR) is 73.7 cm³/mol. The lowest BCUT2D eigenvalue weighted by Gasteiger charge is -2.09. The standard InChI is InChI=1S/C14H15N3O3/c1-3-19-14(18)12-6-10(15)7-17-13(12)20-11-5-4-9(2)16-8-11/h4-8H,3,15H2,1-2H3. The molecule has 2 rings (SSSR count). The van der Waals surface area contributed by atoms with Crippen molar-refractivity contribution >= 4 is 11.7 Å². The Morgan fingerprint density at radius 2 is 2.10 bits per heavy atom. The molecular formula is C14H15N3O3. The van der Waals surface area contributed by atoms with Crippen LogP contribution in [-0.2, 0) is 4.74 Å². The summed E-state index contributed by atoms with van der Waals surface area (Å²) in [6, 6.07) is 5.02. The first-order chi connectivity index (χ1) is 9.60. The van der Waals surface area contributed by atoms with E-state index in [1.807, 2.05) is 6.92 Å². The van der Waals surface area contributed by atoms with Crippen LogP contribution in [0, 0.1) is 6.92 Å². The van der Waals surface area contributed by atoms with Gasteiger partial charge in [0.1, 0.15) is 11.3 Å². The zero-order chi connectivity index (χ0) is 14.5. The molecule has 0 aliphatic carbocycles. The maximum Gasteiger partial charge on any atom is 0.343 e. The van der Waals surface area contributed by atoms with E-state index in [9.17, 15) is 4.79 Å². The van der Waals surface area contributed by atoms with Crippen LogP contribution in [0.25, 0.3) is 0 Å². The number of aromatic nitrogens is 2. The number of nitrogens with two attached hydrogens (primary N) is 1. The van der Waals surface area contributed by atoms with Gasteiger partial charge >= 0.3 is 5.97 Å². The number of anilines is 1. The van der Waals surface area contributed by atoms with E-state index in [1.165, 1.54) is 12.3 Å². The SMILES string of the molecule is CCOC(=O)c1cc(N)cnc1Oc1ccc(C)nc1. The Hall–Kier alpha value is -2.63. The Balaban J connectivity index is 2.31. The Labute approximate surface area is 116 Å². The van der Waals surface area contributed by atoms with Gasteiger partial charge in [-0.3, -0.25) is 4.98 Å². The molecule has 0 amide bonds. The van der Waals surface area contributed by atoms with Gasteiger partial charge in [0.05, 0.1) is 24.7 Å². The average molecular weight is 273 g/mol. The van der Waals surface area contributed by atoms with E-state index in [0.717, 1.165) is 5.69 Å². The van der Waals surface area contributed by atoms with Gasteiger partial charge in [-0.05, 0) is 32.0 Å². The number of pyridine rings is 2. The highest BCUT2D eigenvalue weighted by Gasteiger charge is 2.16. The fourth-order valence-electron chi connectivity index (χ4n) is 1.53. The van der Waals surface area contributed by atoms with Crippen molar-refractivity contribution in [3.63, 3.8) is 0 Å². The maximum atomic E-state index is 11.8. The van der Waals surface area contributed by atoms with Gasteiger partial charge in [-0.15, -0.1) is 0 Å². The van der Waals surface area contributed by atoms with Gasteiger partial charge < -0.3 is 15.2 Å². The van der Waals surface area contributed by atoms with Crippen molar-refractivity contribution in [2.75, 3.05) is 12.3 Å². The molecule has 0 spiro atoms. The van der Waals surface area contributed by atoms with Crippen molar-refractivity contribution in [2.24, 2.45) is 0 Å². The van der Waals surface area contributed by atoms with E-state index in [2.05, 4.69) is 9.97 Å². The number of aryl methyl sites for hydroxylation is 1. The van der Waals surface area contributed by atoms with Crippen LogP contribution in [-0.4, -0.2) is 22.5 Å². The van der Waals surface area contributed by atoms with Crippen LogP contribution in [0.15, 0.2) is 30.6 Å². The summed E-state index contributed by atoms with van der Waals surface area (Å²) >= 11 is 0. The summed E-state index contributed by atoms with van der Waals surface area (Å²) in [4.78, 5) is 20.0.